The predicted molar refractivity (Wildman–Crippen MR) is 54.6 cm³/mol. The minimum atomic E-state index is -0.359. The molecule has 0 atom stereocenters. The molecule has 0 aromatic carbocycles. The van der Waals surface area contributed by atoms with Gasteiger partial charge in [-0.1, -0.05) is 0 Å². The lowest BCUT2D eigenvalue weighted by Gasteiger charge is -1.98. The highest BCUT2D eigenvalue weighted by atomic mass is 16.5. The molecule has 0 saturated carbocycles. The van der Waals surface area contributed by atoms with Gasteiger partial charge in [0.2, 0.25) is 0 Å². The van der Waals surface area contributed by atoms with Crippen molar-refractivity contribution >= 4 is 11.9 Å². The van der Waals surface area contributed by atoms with E-state index in [1.165, 1.54) is 14.2 Å². The lowest BCUT2D eigenvalue weighted by Crippen LogP contribution is -2.08. The fourth-order valence-electron chi connectivity index (χ4n) is 1.26. The number of carbonyl (C=O) groups is 2. The van der Waals surface area contributed by atoms with Gasteiger partial charge in [0.15, 0.2) is 0 Å². The van der Waals surface area contributed by atoms with Crippen molar-refractivity contribution in [2.75, 3.05) is 14.2 Å². The Kier molecular flexibility index (Phi) is 4.04. The number of ether oxygens (including phenoxy) is 2. The molecule has 1 heterocycles. The predicted octanol–water partition coefficient (Wildman–Crippen LogP) is -0.149. The smallest absolute Gasteiger partial charge is 0.311 e. The third-order valence-corrected chi connectivity index (χ3v) is 2.13. The second-order valence-corrected chi connectivity index (χ2v) is 3.26. The SMILES string of the molecule is COC(=O)Cc1cc(CC(=O)OC)n(C)n1. The third-order valence-electron chi connectivity index (χ3n) is 2.13. The van der Waals surface area contributed by atoms with E-state index in [4.69, 9.17) is 0 Å². The molecule has 6 nitrogen and oxygen atoms in total. The summed E-state index contributed by atoms with van der Waals surface area (Å²) in [6, 6.07) is 1.69. The van der Waals surface area contributed by atoms with E-state index in [1.807, 2.05) is 0 Å². The van der Waals surface area contributed by atoms with Crippen LogP contribution in [0.4, 0.5) is 0 Å². The molecule has 0 radical (unpaired) electrons. The maximum Gasteiger partial charge on any atom is 0.311 e. The Morgan fingerprint density at radius 1 is 1.25 bits per heavy atom. The number of nitrogens with zero attached hydrogens (tertiary/aromatic N) is 2. The van der Waals surface area contributed by atoms with E-state index in [0.717, 1.165) is 0 Å². The monoisotopic (exact) mass is 226 g/mol. The van der Waals surface area contributed by atoms with Crippen LogP contribution in [0.1, 0.15) is 11.4 Å². The average Bonchev–Trinajstić information content (AvgIpc) is 2.58. The Morgan fingerprint density at radius 2 is 1.81 bits per heavy atom. The van der Waals surface area contributed by atoms with Crippen LogP contribution >= 0.6 is 0 Å². The zero-order valence-electron chi connectivity index (χ0n) is 9.52. The first-order chi connectivity index (χ1) is 7.56. The summed E-state index contributed by atoms with van der Waals surface area (Å²) >= 11 is 0. The van der Waals surface area contributed by atoms with Gasteiger partial charge in [0, 0.05) is 12.7 Å². The number of aryl methyl sites for hydroxylation is 1. The topological polar surface area (TPSA) is 70.4 Å². The van der Waals surface area contributed by atoms with Gasteiger partial charge in [-0.2, -0.15) is 5.10 Å². The summed E-state index contributed by atoms with van der Waals surface area (Å²) in [6.07, 6.45) is 0.243. The number of esters is 2. The summed E-state index contributed by atoms with van der Waals surface area (Å²) in [6.45, 7) is 0. The van der Waals surface area contributed by atoms with Crippen molar-refractivity contribution in [1.82, 2.24) is 9.78 Å². The Balaban J connectivity index is 2.73. The highest BCUT2D eigenvalue weighted by Crippen LogP contribution is 2.06. The first-order valence-corrected chi connectivity index (χ1v) is 4.72. The van der Waals surface area contributed by atoms with Crippen molar-refractivity contribution in [3.63, 3.8) is 0 Å². The molecule has 6 heteroatoms. The normalized spacial score (nSPS) is 9.94. The second-order valence-electron chi connectivity index (χ2n) is 3.26. The van der Waals surface area contributed by atoms with Crippen LogP contribution in [0.3, 0.4) is 0 Å². The first-order valence-electron chi connectivity index (χ1n) is 4.72. The third kappa shape index (κ3) is 3.08. The number of carbonyl (C=O) groups excluding carboxylic acids is 2. The van der Waals surface area contributed by atoms with Gasteiger partial charge in [0.05, 0.1) is 32.8 Å². The molecule has 0 spiro atoms. The van der Waals surface area contributed by atoms with E-state index in [9.17, 15) is 9.59 Å². The van der Waals surface area contributed by atoms with Gasteiger partial charge in [-0.05, 0) is 6.07 Å². The van der Waals surface area contributed by atoms with Crippen LogP contribution in [0, 0.1) is 0 Å². The van der Waals surface area contributed by atoms with Crippen LogP contribution in [-0.4, -0.2) is 35.9 Å². The Labute approximate surface area is 93.1 Å². The van der Waals surface area contributed by atoms with Gasteiger partial charge in [0.25, 0.3) is 0 Å². The highest BCUT2D eigenvalue weighted by Gasteiger charge is 2.12. The Morgan fingerprint density at radius 3 is 2.38 bits per heavy atom. The van der Waals surface area contributed by atoms with Crippen LogP contribution in [-0.2, 0) is 39.0 Å². The number of rotatable bonds is 4. The van der Waals surface area contributed by atoms with Crippen LogP contribution in [0.25, 0.3) is 0 Å². The molecule has 0 N–H and O–H groups in total. The molecule has 1 aromatic heterocycles. The van der Waals surface area contributed by atoms with Crippen molar-refractivity contribution < 1.29 is 19.1 Å². The van der Waals surface area contributed by atoms with E-state index in [0.29, 0.717) is 11.4 Å². The summed E-state index contributed by atoms with van der Waals surface area (Å²) < 4.78 is 10.6. The highest BCUT2D eigenvalue weighted by molar-refractivity contribution is 5.73. The summed E-state index contributed by atoms with van der Waals surface area (Å²) in [5.74, 6) is -0.699. The van der Waals surface area contributed by atoms with Crippen molar-refractivity contribution in [2.45, 2.75) is 12.8 Å². The Hall–Kier alpha value is -1.85. The molecule has 1 rings (SSSR count). The molecular weight excluding hydrogens is 212 g/mol. The molecule has 0 aliphatic rings. The van der Waals surface area contributed by atoms with Crippen LogP contribution in [0.2, 0.25) is 0 Å². The summed E-state index contributed by atoms with van der Waals surface area (Å²) in [4.78, 5) is 22.1. The van der Waals surface area contributed by atoms with Gasteiger partial charge in [-0.25, -0.2) is 0 Å². The fraction of sp³-hybridized carbons (Fsp3) is 0.500. The van der Waals surface area contributed by atoms with Gasteiger partial charge < -0.3 is 9.47 Å². The first kappa shape index (κ1) is 12.2. The zero-order chi connectivity index (χ0) is 12.1. The lowest BCUT2D eigenvalue weighted by molar-refractivity contribution is -0.140. The zero-order valence-corrected chi connectivity index (χ0v) is 9.52. The van der Waals surface area contributed by atoms with Crippen LogP contribution < -0.4 is 0 Å². The molecule has 0 aliphatic carbocycles. The number of hydrogen-bond donors (Lipinski definition) is 0. The van der Waals surface area contributed by atoms with Gasteiger partial charge >= 0.3 is 11.9 Å². The average molecular weight is 226 g/mol. The second kappa shape index (κ2) is 5.29. The van der Waals surface area contributed by atoms with Gasteiger partial charge in [0.1, 0.15) is 0 Å². The van der Waals surface area contributed by atoms with Crippen LogP contribution in [0.5, 0.6) is 0 Å². The van der Waals surface area contributed by atoms with E-state index in [-0.39, 0.29) is 24.8 Å². The maximum atomic E-state index is 11.1. The van der Waals surface area contributed by atoms with E-state index in [1.54, 1.807) is 17.8 Å². The van der Waals surface area contributed by atoms with Crippen molar-refractivity contribution in [3.8, 4) is 0 Å². The molecule has 16 heavy (non-hydrogen) atoms. The lowest BCUT2D eigenvalue weighted by atomic mass is 10.2. The van der Waals surface area contributed by atoms with Crippen molar-refractivity contribution in [3.05, 3.63) is 17.5 Å². The van der Waals surface area contributed by atoms with E-state index < -0.39 is 0 Å². The number of hydrogen-bond acceptors (Lipinski definition) is 5. The van der Waals surface area contributed by atoms with Crippen molar-refractivity contribution in [2.24, 2.45) is 7.05 Å². The minimum Gasteiger partial charge on any atom is -0.469 e. The van der Waals surface area contributed by atoms with E-state index >= 15 is 0 Å². The number of aromatic nitrogens is 2. The molecule has 0 amide bonds. The maximum absolute atomic E-state index is 11.1. The molecule has 0 saturated heterocycles. The summed E-state index contributed by atoms with van der Waals surface area (Å²) in [5, 5.41) is 4.09. The molecule has 1 aromatic rings. The van der Waals surface area contributed by atoms with Crippen LogP contribution in [0.15, 0.2) is 6.07 Å². The Bertz CT molecular complexity index is 398. The standard InChI is InChI=1S/C10H14N2O4/c1-12-8(6-10(14)16-3)4-7(11-12)5-9(13)15-2/h4H,5-6H2,1-3H3. The molecule has 0 fully saturated rings. The number of methoxy groups -OCH3 is 2. The molecule has 0 bridgehead atoms. The fourth-order valence-corrected chi connectivity index (χ4v) is 1.26. The van der Waals surface area contributed by atoms with Crippen molar-refractivity contribution in [1.29, 1.82) is 0 Å². The molecular formula is C10H14N2O4. The largest absolute Gasteiger partial charge is 0.469 e. The molecule has 88 valence electrons. The van der Waals surface area contributed by atoms with Gasteiger partial charge in [-0.3, -0.25) is 14.3 Å². The van der Waals surface area contributed by atoms with E-state index in [2.05, 4.69) is 14.6 Å². The molecule has 0 aliphatic heterocycles. The quantitative estimate of drug-likeness (QED) is 0.668. The summed E-state index contributed by atoms with van der Waals surface area (Å²) in [5.41, 5.74) is 1.28. The molecule has 0 unspecified atom stereocenters. The summed E-state index contributed by atoms with van der Waals surface area (Å²) in [7, 11) is 4.35. The van der Waals surface area contributed by atoms with Gasteiger partial charge in [-0.15, -0.1) is 0 Å². The minimum absolute atomic E-state index is 0.103.